The van der Waals surface area contributed by atoms with E-state index in [1.807, 2.05) is 0 Å². The smallest absolute Gasteiger partial charge is 0.537 e. The van der Waals surface area contributed by atoms with Crippen LogP contribution in [0.1, 0.15) is 0 Å². The van der Waals surface area contributed by atoms with Crippen molar-refractivity contribution in [1.29, 1.82) is 0 Å². The fourth-order valence-electron chi connectivity index (χ4n) is 0.839. The van der Waals surface area contributed by atoms with E-state index in [4.69, 9.17) is 19.5 Å². The molecule has 0 atom stereocenters. The third kappa shape index (κ3) is 3.35. The van der Waals surface area contributed by atoms with Crippen LogP contribution in [0.15, 0.2) is 24.3 Å². The van der Waals surface area contributed by atoms with E-state index in [0.29, 0.717) is 19.2 Å². The van der Waals surface area contributed by atoms with Gasteiger partial charge in [-0.05, 0) is 24.3 Å². The summed E-state index contributed by atoms with van der Waals surface area (Å²) >= 11 is 0. The molecule has 0 fully saturated rings. The van der Waals surface area contributed by atoms with E-state index in [1.165, 1.54) is 0 Å². The van der Waals surface area contributed by atoms with E-state index in [-0.39, 0.29) is 13.2 Å². The average molecular weight is 181 g/mol. The van der Waals surface area contributed by atoms with Gasteiger partial charge < -0.3 is 19.5 Å². The fraction of sp³-hybridized carbons (Fsp3) is 0.250. The molecule has 69 valence electrons. The Kier molecular flexibility index (Phi) is 4.15. The molecule has 0 aromatic heterocycles. The van der Waals surface area contributed by atoms with Crippen molar-refractivity contribution < 1.29 is 19.5 Å². The minimum Gasteiger partial charge on any atom is -0.537 e. The number of aliphatic hydroxyl groups excluding tert-OH is 1. The molecule has 4 nitrogen and oxygen atoms in total. The highest BCUT2D eigenvalue weighted by Gasteiger charge is 1.95. The van der Waals surface area contributed by atoms with E-state index in [0.717, 1.165) is 0 Å². The first-order valence-electron chi connectivity index (χ1n) is 3.83. The number of benzene rings is 1. The van der Waals surface area contributed by atoms with Crippen LogP contribution in [-0.4, -0.2) is 31.0 Å². The lowest BCUT2D eigenvalue weighted by atomic mass is 10.3. The van der Waals surface area contributed by atoms with Gasteiger partial charge in [0.1, 0.15) is 18.1 Å². The van der Waals surface area contributed by atoms with Gasteiger partial charge in [0.25, 0.3) is 0 Å². The highest BCUT2D eigenvalue weighted by molar-refractivity contribution is 6.17. The Morgan fingerprint density at radius 2 is 1.77 bits per heavy atom. The molecule has 0 spiro atoms. The van der Waals surface area contributed by atoms with Crippen molar-refractivity contribution >= 4 is 7.69 Å². The topological polar surface area (TPSA) is 58.9 Å². The molecule has 0 saturated heterocycles. The minimum atomic E-state index is -0.0112. The van der Waals surface area contributed by atoms with E-state index >= 15 is 0 Å². The molecule has 0 aliphatic carbocycles. The van der Waals surface area contributed by atoms with Crippen LogP contribution in [0.3, 0.4) is 0 Å². The zero-order chi connectivity index (χ0) is 9.52. The largest absolute Gasteiger partial charge is 0.569 e. The summed E-state index contributed by atoms with van der Waals surface area (Å²) in [4.78, 5) is 0. The lowest BCUT2D eigenvalue weighted by Crippen LogP contribution is -2.02. The fourth-order valence-corrected chi connectivity index (χ4v) is 0.839. The quantitative estimate of drug-likeness (QED) is 0.625. The van der Waals surface area contributed by atoms with Crippen LogP contribution in [0, 0.1) is 0 Å². The number of hydrogen-bond donors (Lipinski definition) is 2. The van der Waals surface area contributed by atoms with Crippen LogP contribution in [0.2, 0.25) is 0 Å². The Balaban J connectivity index is 2.48. The molecule has 13 heavy (non-hydrogen) atoms. The molecule has 1 rings (SSSR count). The molecule has 0 amide bonds. The molecule has 5 heteroatoms. The van der Waals surface area contributed by atoms with E-state index in [9.17, 15) is 0 Å². The first kappa shape index (κ1) is 9.89. The van der Waals surface area contributed by atoms with Gasteiger partial charge >= 0.3 is 7.69 Å². The maximum absolute atomic E-state index is 8.48. The van der Waals surface area contributed by atoms with Gasteiger partial charge in [-0.2, -0.15) is 0 Å². The van der Waals surface area contributed by atoms with Gasteiger partial charge in [0.2, 0.25) is 0 Å². The molecular formula is C8H10BO4. The minimum absolute atomic E-state index is 0.0112. The Morgan fingerprint density at radius 1 is 1.15 bits per heavy atom. The molecule has 1 aromatic carbocycles. The van der Waals surface area contributed by atoms with Crippen molar-refractivity contribution in [3.63, 3.8) is 0 Å². The average Bonchev–Trinajstić information content (AvgIpc) is 2.17. The van der Waals surface area contributed by atoms with Crippen LogP contribution >= 0.6 is 0 Å². The van der Waals surface area contributed by atoms with Crippen LogP contribution in [-0.2, 0) is 0 Å². The van der Waals surface area contributed by atoms with Crippen molar-refractivity contribution in [2.24, 2.45) is 0 Å². The first-order chi connectivity index (χ1) is 6.36. The monoisotopic (exact) mass is 181 g/mol. The molecule has 0 saturated carbocycles. The van der Waals surface area contributed by atoms with Gasteiger partial charge in [0.05, 0.1) is 6.61 Å². The molecule has 0 aliphatic rings. The number of aliphatic hydroxyl groups is 1. The van der Waals surface area contributed by atoms with Crippen LogP contribution in [0.5, 0.6) is 11.5 Å². The van der Waals surface area contributed by atoms with Crippen molar-refractivity contribution in [1.82, 2.24) is 0 Å². The maximum Gasteiger partial charge on any atom is 0.569 e. The summed E-state index contributed by atoms with van der Waals surface area (Å²) in [5, 5.41) is 16.8. The highest BCUT2D eigenvalue weighted by Crippen LogP contribution is 2.16. The molecule has 1 aromatic rings. The molecule has 0 heterocycles. The predicted molar refractivity (Wildman–Crippen MR) is 47.6 cm³/mol. The van der Waals surface area contributed by atoms with Gasteiger partial charge in [-0.15, -0.1) is 0 Å². The maximum atomic E-state index is 8.48. The second kappa shape index (κ2) is 5.45. The second-order valence-corrected chi connectivity index (χ2v) is 2.27. The van der Waals surface area contributed by atoms with Crippen molar-refractivity contribution in [2.75, 3.05) is 13.2 Å². The Labute approximate surface area is 77.0 Å². The molecule has 1 radical (unpaired) electrons. The summed E-state index contributed by atoms with van der Waals surface area (Å²) in [6, 6.07) is 6.68. The summed E-state index contributed by atoms with van der Waals surface area (Å²) in [6.45, 7) is 0.259. The van der Waals surface area contributed by atoms with Crippen LogP contribution in [0.4, 0.5) is 0 Å². The Morgan fingerprint density at radius 3 is 2.31 bits per heavy atom. The highest BCUT2D eigenvalue weighted by atomic mass is 16.5. The summed E-state index contributed by atoms with van der Waals surface area (Å²) in [5.41, 5.74) is 0. The van der Waals surface area contributed by atoms with Crippen LogP contribution < -0.4 is 9.39 Å². The Bertz CT molecular complexity index is 236. The molecule has 0 bridgehead atoms. The standard InChI is InChI=1S/C8H10BO4/c10-5-6-12-7-1-3-8(4-2-7)13-9-11/h1-4,10-11H,5-6H2. The van der Waals surface area contributed by atoms with Crippen molar-refractivity contribution in [3.8, 4) is 11.5 Å². The van der Waals surface area contributed by atoms with E-state index < -0.39 is 0 Å². The number of ether oxygens (including phenoxy) is 1. The number of rotatable bonds is 5. The zero-order valence-corrected chi connectivity index (χ0v) is 7.01. The molecule has 2 N–H and O–H groups in total. The summed E-state index contributed by atoms with van der Waals surface area (Å²) < 4.78 is 9.80. The lowest BCUT2D eigenvalue weighted by Gasteiger charge is -2.05. The normalized spacial score (nSPS) is 9.38. The third-order valence-corrected chi connectivity index (χ3v) is 1.37. The van der Waals surface area contributed by atoms with Gasteiger partial charge in [-0.1, -0.05) is 0 Å². The van der Waals surface area contributed by atoms with E-state index in [1.54, 1.807) is 24.3 Å². The third-order valence-electron chi connectivity index (χ3n) is 1.37. The molecular weight excluding hydrogens is 171 g/mol. The summed E-state index contributed by atoms with van der Waals surface area (Å²) in [5.74, 6) is 1.18. The number of hydrogen-bond acceptors (Lipinski definition) is 4. The van der Waals surface area contributed by atoms with Crippen molar-refractivity contribution in [3.05, 3.63) is 24.3 Å². The summed E-state index contributed by atoms with van der Waals surface area (Å²) in [6.07, 6.45) is 0. The van der Waals surface area contributed by atoms with E-state index in [2.05, 4.69) is 0 Å². The van der Waals surface area contributed by atoms with Gasteiger partial charge in [-0.25, -0.2) is 0 Å². The summed E-state index contributed by atoms with van der Waals surface area (Å²) in [7, 11) is 0.615. The van der Waals surface area contributed by atoms with Gasteiger partial charge in [-0.3, -0.25) is 0 Å². The lowest BCUT2D eigenvalue weighted by molar-refractivity contribution is 0.201. The first-order valence-corrected chi connectivity index (χ1v) is 3.83. The van der Waals surface area contributed by atoms with Gasteiger partial charge in [0, 0.05) is 0 Å². The SMILES string of the molecule is O[B]Oc1ccc(OCCO)cc1. The molecule has 0 aliphatic heterocycles. The molecule has 0 unspecified atom stereocenters. The predicted octanol–water partition coefficient (Wildman–Crippen LogP) is -0.0370. The Hall–Kier alpha value is -1.20. The van der Waals surface area contributed by atoms with Gasteiger partial charge in [0.15, 0.2) is 0 Å². The zero-order valence-electron chi connectivity index (χ0n) is 7.01. The van der Waals surface area contributed by atoms with Crippen molar-refractivity contribution in [2.45, 2.75) is 0 Å². The second-order valence-electron chi connectivity index (χ2n) is 2.27. The van der Waals surface area contributed by atoms with Crippen LogP contribution in [0.25, 0.3) is 0 Å².